The highest BCUT2D eigenvalue weighted by Crippen LogP contribution is 2.43. The van der Waals surface area contributed by atoms with Crippen LogP contribution in [-0.2, 0) is 9.31 Å². The summed E-state index contributed by atoms with van der Waals surface area (Å²) in [6.45, 7) is 8.33. The molecular formula is C110H78BBrN6O4. The number of furan rings is 2. The molecule has 0 amide bonds. The predicted octanol–water partition coefficient (Wildman–Crippen LogP) is 28.8. The monoisotopic (exact) mass is 1640 g/mol. The van der Waals surface area contributed by atoms with E-state index in [1.807, 2.05) is 36.4 Å². The van der Waals surface area contributed by atoms with Crippen LogP contribution in [-0.4, -0.2) is 46.6 Å². The molecule has 23 aromatic rings. The molecule has 0 radical (unpaired) electrons. The largest absolute Gasteiger partial charge is 0.494 e. The molecule has 12 heteroatoms. The van der Waals surface area contributed by atoms with Gasteiger partial charge in [-0.2, -0.15) is 0 Å². The molecule has 17 aromatic carbocycles. The van der Waals surface area contributed by atoms with Crippen LogP contribution in [0.3, 0.4) is 0 Å². The van der Waals surface area contributed by atoms with Gasteiger partial charge in [-0.05, 0) is 229 Å². The van der Waals surface area contributed by atoms with E-state index in [1.165, 1.54) is 60.3 Å². The summed E-state index contributed by atoms with van der Waals surface area (Å²) in [5, 5.41) is 9.54. The summed E-state index contributed by atoms with van der Waals surface area (Å²) in [4.78, 5) is 10.0. The molecule has 1 aliphatic rings. The molecule has 10 nitrogen and oxygen atoms in total. The molecule has 7 heterocycles. The number of imidazole rings is 2. The number of para-hydroxylation sites is 10. The molecule has 0 spiro atoms. The van der Waals surface area contributed by atoms with Crippen LogP contribution < -0.4 is 5.46 Å². The Morgan fingerprint density at radius 3 is 0.877 bits per heavy atom. The van der Waals surface area contributed by atoms with Gasteiger partial charge in [0.15, 0.2) is 0 Å². The second kappa shape index (κ2) is 30.0. The molecule has 1 saturated heterocycles. The Kier molecular flexibility index (Phi) is 18.1. The first-order chi connectivity index (χ1) is 59.8. The van der Waals surface area contributed by atoms with Gasteiger partial charge >= 0.3 is 7.12 Å². The standard InChI is InChI=1S/C55H35N3O.C31H19BrN2O.C24H24BNO2/c1-2-10-43(11-3-1)58-52-17-9-6-14-49(52)56-55(58)40-24-22-39(23-25-40)42-29-33-54-48(35-42)47-34-41(28-32-53(47)59-54)38-20-18-36(19-21-38)37-26-30-44(31-27-37)57-50-15-7-4-12-45(50)46-13-5-8-16-51(46)57;32-23-15-17-30-26(19-23)25-18-22(14-16-29(25)35-30)20-10-12-21(13-11-20)31-33-27-8-4-5-9-28(27)34(31)24-6-2-1-3-7-24;1-23(2)24(3,4)28-25(27-23)17-13-15-18(16-14-17)26-21-11-7-5-9-19(21)20-10-6-8-12-22(20)26/h1-35H;1-19H;5-16H,1-4H3. The van der Waals surface area contributed by atoms with Gasteiger partial charge in [0, 0.05) is 81.4 Å². The maximum atomic E-state index is 6.34. The maximum Gasteiger partial charge on any atom is 0.494 e. The van der Waals surface area contributed by atoms with Crippen LogP contribution in [0.25, 0.3) is 200 Å². The minimum atomic E-state index is -0.336. The van der Waals surface area contributed by atoms with E-state index in [0.29, 0.717) is 0 Å². The van der Waals surface area contributed by atoms with Gasteiger partial charge in [0.2, 0.25) is 0 Å². The third kappa shape index (κ3) is 13.1. The zero-order valence-electron chi connectivity index (χ0n) is 67.4. The molecule has 0 atom stereocenters. The Hall–Kier alpha value is -14.7. The average molecular weight is 1640 g/mol. The Bertz CT molecular complexity index is 7820. The molecule has 0 saturated carbocycles. The van der Waals surface area contributed by atoms with Crippen molar-refractivity contribution in [3.8, 4) is 90.0 Å². The second-order valence-electron chi connectivity index (χ2n) is 32.4. The van der Waals surface area contributed by atoms with Crippen molar-refractivity contribution in [2.45, 2.75) is 38.9 Å². The fraction of sp³-hybridized carbons (Fsp3) is 0.0545. The smallest absolute Gasteiger partial charge is 0.456 e. The third-order valence-electron chi connectivity index (χ3n) is 24.5. The number of aromatic nitrogens is 6. The average Bonchev–Trinajstić information content (AvgIpc) is 1.63. The fourth-order valence-electron chi connectivity index (χ4n) is 17.6. The number of halogens is 1. The van der Waals surface area contributed by atoms with Gasteiger partial charge < -0.3 is 27.3 Å². The van der Waals surface area contributed by atoms with Crippen molar-refractivity contribution < 1.29 is 18.1 Å². The molecule has 0 N–H and O–H groups in total. The lowest BCUT2D eigenvalue weighted by Gasteiger charge is -2.32. The first-order valence-electron chi connectivity index (χ1n) is 41.3. The summed E-state index contributed by atoms with van der Waals surface area (Å²) < 4.78 is 34.9. The zero-order valence-corrected chi connectivity index (χ0v) is 69.0. The van der Waals surface area contributed by atoms with Crippen molar-refractivity contribution in [1.82, 2.24) is 28.2 Å². The molecule has 1 aliphatic heterocycles. The van der Waals surface area contributed by atoms with Crippen molar-refractivity contribution >= 4 is 138 Å². The number of benzene rings is 17. The summed E-state index contributed by atoms with van der Waals surface area (Å²) in [5.41, 5.74) is 28.9. The van der Waals surface area contributed by atoms with E-state index in [1.54, 1.807) is 0 Å². The molecule has 6 aromatic heterocycles. The summed E-state index contributed by atoms with van der Waals surface area (Å²) in [6.07, 6.45) is 0. The van der Waals surface area contributed by atoms with Gasteiger partial charge in [-0.1, -0.05) is 265 Å². The van der Waals surface area contributed by atoms with Gasteiger partial charge in [0.25, 0.3) is 0 Å². The quantitative estimate of drug-likeness (QED) is 0.120. The van der Waals surface area contributed by atoms with Crippen molar-refractivity contribution in [1.29, 1.82) is 0 Å². The molecule has 122 heavy (non-hydrogen) atoms. The van der Waals surface area contributed by atoms with Gasteiger partial charge in [-0.25, -0.2) is 9.97 Å². The minimum absolute atomic E-state index is 0.330. The number of fused-ring (bicyclic) bond motifs is 14. The van der Waals surface area contributed by atoms with Crippen LogP contribution in [0.15, 0.2) is 414 Å². The topological polar surface area (TPSA) is 90.2 Å². The summed E-state index contributed by atoms with van der Waals surface area (Å²) in [6, 6.07) is 141. The second-order valence-corrected chi connectivity index (χ2v) is 33.3. The van der Waals surface area contributed by atoms with Gasteiger partial charge in [0.1, 0.15) is 34.0 Å². The van der Waals surface area contributed by atoms with Gasteiger partial charge in [0.05, 0.1) is 55.3 Å². The third-order valence-corrected chi connectivity index (χ3v) is 25.0. The van der Waals surface area contributed by atoms with Crippen LogP contribution in [0.2, 0.25) is 0 Å². The van der Waals surface area contributed by atoms with E-state index >= 15 is 0 Å². The van der Waals surface area contributed by atoms with Gasteiger partial charge in [-0.15, -0.1) is 0 Å². The van der Waals surface area contributed by atoms with Crippen LogP contribution in [0.1, 0.15) is 27.7 Å². The van der Waals surface area contributed by atoms with Crippen molar-refractivity contribution in [3.63, 3.8) is 0 Å². The highest BCUT2D eigenvalue weighted by Gasteiger charge is 2.51. The van der Waals surface area contributed by atoms with Crippen molar-refractivity contribution in [2.75, 3.05) is 0 Å². The normalized spacial score (nSPS) is 13.2. The molecule has 0 unspecified atom stereocenters. The van der Waals surface area contributed by atoms with E-state index in [9.17, 15) is 0 Å². The lowest BCUT2D eigenvalue weighted by atomic mass is 9.79. The number of hydrogen-bond acceptors (Lipinski definition) is 6. The van der Waals surface area contributed by atoms with E-state index in [4.69, 9.17) is 28.1 Å². The van der Waals surface area contributed by atoms with Crippen molar-refractivity contribution in [3.05, 3.63) is 405 Å². The molecule has 1 fully saturated rings. The highest BCUT2D eigenvalue weighted by atomic mass is 79.9. The number of nitrogens with zero attached hydrogens (tertiary/aromatic N) is 6. The van der Waals surface area contributed by atoms with E-state index in [-0.39, 0.29) is 18.3 Å². The minimum Gasteiger partial charge on any atom is -0.456 e. The lowest BCUT2D eigenvalue weighted by Crippen LogP contribution is -2.41. The van der Waals surface area contributed by atoms with Crippen LogP contribution in [0.5, 0.6) is 0 Å². The Morgan fingerprint density at radius 1 is 0.238 bits per heavy atom. The van der Waals surface area contributed by atoms with E-state index < -0.39 is 0 Å². The van der Waals surface area contributed by atoms with Crippen LogP contribution in [0, 0.1) is 0 Å². The van der Waals surface area contributed by atoms with Crippen molar-refractivity contribution in [2.24, 2.45) is 0 Å². The highest BCUT2D eigenvalue weighted by molar-refractivity contribution is 9.10. The first kappa shape index (κ1) is 73.7. The summed E-state index contributed by atoms with van der Waals surface area (Å²) in [7, 11) is -0.336. The van der Waals surface area contributed by atoms with Gasteiger partial charge in [-0.3, -0.25) is 9.13 Å². The molecule has 0 aliphatic carbocycles. The first-order valence-corrected chi connectivity index (χ1v) is 42.1. The summed E-state index contributed by atoms with van der Waals surface area (Å²) in [5.74, 6) is 1.86. The Balaban J connectivity index is 0.000000120. The Labute approximate surface area is 713 Å². The number of hydrogen-bond donors (Lipinski definition) is 0. The zero-order chi connectivity index (χ0) is 81.7. The summed E-state index contributed by atoms with van der Waals surface area (Å²) >= 11 is 3.58. The molecule has 582 valence electrons. The lowest BCUT2D eigenvalue weighted by molar-refractivity contribution is 0.00578. The maximum absolute atomic E-state index is 6.34. The fourth-order valence-corrected chi connectivity index (χ4v) is 18.0. The SMILES string of the molecule is Brc1ccc2oc3ccc(-c4ccc(-c5nc6ccccc6n5-c5ccccc5)cc4)cc3c2c1.CC1(C)OB(c2ccc(-n3c4ccccc4c4ccccc43)cc2)OC1(C)C.c1ccc(-n2c(-c3ccc(-c4ccc5oc6ccc(-c7ccc(-c8ccc(-n9c%10ccccc%10c%10ccccc%109)cc8)cc7)cc6c5c4)cc3)nc3ccccc32)cc1. The van der Waals surface area contributed by atoms with E-state index in [2.05, 4.69) is 426 Å². The molecular weight excluding hydrogens is 1560 g/mol. The van der Waals surface area contributed by atoms with E-state index in [0.717, 1.165) is 149 Å². The molecule has 24 rings (SSSR count). The predicted molar refractivity (Wildman–Crippen MR) is 508 cm³/mol. The van der Waals surface area contributed by atoms with Crippen LogP contribution >= 0.6 is 15.9 Å². The number of rotatable bonds is 11. The Morgan fingerprint density at radius 2 is 0.508 bits per heavy atom. The molecule has 0 bridgehead atoms. The van der Waals surface area contributed by atoms with Crippen LogP contribution in [0.4, 0.5) is 0 Å².